The van der Waals surface area contributed by atoms with Gasteiger partial charge in [-0.2, -0.15) is 0 Å². The second-order valence-corrected chi connectivity index (χ2v) is 9.98. The van der Waals surface area contributed by atoms with E-state index in [-0.39, 0.29) is 18.6 Å². The largest absolute Gasteiger partial charge is 0.299 e. The summed E-state index contributed by atoms with van der Waals surface area (Å²) in [6.45, 7) is 29.1. The van der Waals surface area contributed by atoms with Crippen molar-refractivity contribution in [2.45, 2.75) is 104 Å². The van der Waals surface area contributed by atoms with E-state index >= 15 is 0 Å². The van der Waals surface area contributed by atoms with Gasteiger partial charge in [0, 0.05) is 5.41 Å². The van der Waals surface area contributed by atoms with E-state index in [4.69, 9.17) is 0 Å². The van der Waals surface area contributed by atoms with Gasteiger partial charge in [0.25, 0.3) is 0 Å². The van der Waals surface area contributed by atoms with Gasteiger partial charge < -0.3 is 0 Å². The molecule has 0 aromatic rings. The Labute approximate surface area is 155 Å². The molecule has 0 aliphatic rings. The number of carbonyl (C=O) groups is 1. The number of hydrogen-bond acceptors (Lipinski definition) is 1. The first-order valence-electron chi connectivity index (χ1n) is 8.61. The fourth-order valence-corrected chi connectivity index (χ4v) is 1.73. The first-order valence-corrected chi connectivity index (χ1v) is 8.61. The van der Waals surface area contributed by atoms with Crippen LogP contribution in [0.25, 0.3) is 0 Å². The molecule has 0 amide bonds. The summed E-state index contributed by atoms with van der Waals surface area (Å²) in [4.78, 5) is 10.5. The van der Waals surface area contributed by atoms with Gasteiger partial charge in [0.05, 0.1) is 0 Å². The van der Waals surface area contributed by atoms with E-state index in [1.54, 1.807) is 6.92 Å². The highest BCUT2D eigenvalue weighted by Gasteiger charge is 2.14. The minimum atomic E-state index is -0.139. The minimum absolute atomic E-state index is 0. The van der Waals surface area contributed by atoms with Gasteiger partial charge in [-0.05, 0) is 45.4 Å². The Morgan fingerprint density at radius 3 is 0.750 bits per heavy atom. The SMILES string of the molecule is C.CC(=O)C(C)(C)C.CC(C)=CC(C)(C)C.CC(C)=CC(C)(C)C. The van der Waals surface area contributed by atoms with Crippen molar-refractivity contribution in [1.82, 2.24) is 0 Å². The minimum Gasteiger partial charge on any atom is -0.299 e. The molecule has 0 spiro atoms. The van der Waals surface area contributed by atoms with Crippen LogP contribution < -0.4 is 0 Å². The van der Waals surface area contributed by atoms with E-state index in [9.17, 15) is 4.79 Å². The van der Waals surface area contributed by atoms with Crippen LogP contribution in [0.5, 0.6) is 0 Å². The molecule has 0 aromatic heterocycles. The molecule has 0 saturated carbocycles. The second-order valence-electron chi connectivity index (χ2n) is 9.98. The van der Waals surface area contributed by atoms with Crippen LogP contribution in [0.15, 0.2) is 23.3 Å². The van der Waals surface area contributed by atoms with Crippen molar-refractivity contribution in [1.29, 1.82) is 0 Å². The Bertz CT molecular complexity index is 351. The Morgan fingerprint density at radius 2 is 0.750 bits per heavy atom. The molecule has 146 valence electrons. The van der Waals surface area contributed by atoms with Crippen LogP contribution >= 0.6 is 0 Å². The highest BCUT2D eigenvalue weighted by atomic mass is 16.1. The number of hydrogen-bond donors (Lipinski definition) is 0. The number of Topliss-reactive ketones (excluding diaryl/α,β-unsaturated/α-hetero) is 1. The Hall–Kier alpha value is -0.850. The van der Waals surface area contributed by atoms with Gasteiger partial charge in [0.2, 0.25) is 0 Å². The lowest BCUT2D eigenvalue weighted by atomic mass is 9.92. The molecule has 0 radical (unpaired) electrons. The Balaban J connectivity index is -0.000000123. The molecule has 0 aliphatic heterocycles. The number of allylic oxidation sites excluding steroid dienone is 4. The third-order valence-electron chi connectivity index (χ3n) is 2.50. The van der Waals surface area contributed by atoms with Crippen LogP contribution in [0.2, 0.25) is 0 Å². The summed E-state index contributed by atoms with van der Waals surface area (Å²) in [6.07, 6.45) is 4.54. The lowest BCUT2D eigenvalue weighted by molar-refractivity contribution is -0.124. The van der Waals surface area contributed by atoms with E-state index in [0.717, 1.165) is 0 Å². The zero-order valence-electron chi connectivity index (χ0n) is 18.6. The van der Waals surface area contributed by atoms with Crippen molar-refractivity contribution < 1.29 is 4.79 Å². The fourth-order valence-electron chi connectivity index (χ4n) is 1.73. The summed E-state index contributed by atoms with van der Waals surface area (Å²) in [5.74, 6) is 0.243. The maximum atomic E-state index is 10.5. The molecule has 24 heavy (non-hydrogen) atoms. The number of rotatable bonds is 0. The molecule has 0 N–H and O–H groups in total. The lowest BCUT2D eigenvalue weighted by Gasteiger charge is -2.11. The van der Waals surface area contributed by atoms with Crippen molar-refractivity contribution in [3.8, 4) is 0 Å². The van der Waals surface area contributed by atoms with E-state index in [1.807, 2.05) is 20.8 Å². The van der Waals surface area contributed by atoms with Crippen molar-refractivity contribution in [3.63, 3.8) is 0 Å². The standard InChI is InChI=1S/2C8H16.C6H12O.CH4/c2*1-7(2)6-8(3,4)5;1-5(7)6(2,3)4;/h2*6H,1-5H3;1-4H3;1H4. The third kappa shape index (κ3) is 37.4. The molecule has 0 rings (SSSR count). The van der Waals surface area contributed by atoms with Gasteiger partial charge in [-0.3, -0.25) is 4.79 Å². The van der Waals surface area contributed by atoms with E-state index in [2.05, 4.69) is 81.4 Å². The molecule has 1 nitrogen and oxygen atoms in total. The van der Waals surface area contributed by atoms with Gasteiger partial charge in [0.15, 0.2) is 0 Å². The van der Waals surface area contributed by atoms with Crippen molar-refractivity contribution >= 4 is 5.78 Å². The van der Waals surface area contributed by atoms with Crippen LogP contribution in [0.3, 0.4) is 0 Å². The highest BCUT2D eigenvalue weighted by molar-refractivity contribution is 5.80. The molecule has 0 unspecified atom stereocenters. The van der Waals surface area contributed by atoms with E-state index in [0.29, 0.717) is 10.8 Å². The quantitative estimate of drug-likeness (QED) is 0.405. The summed E-state index contributed by atoms with van der Waals surface area (Å²) in [5, 5.41) is 0. The molecule has 1 heteroatoms. The van der Waals surface area contributed by atoms with Crippen molar-refractivity contribution in [3.05, 3.63) is 23.3 Å². The summed E-state index contributed by atoms with van der Waals surface area (Å²) >= 11 is 0. The van der Waals surface area contributed by atoms with E-state index in [1.165, 1.54) is 11.1 Å². The summed E-state index contributed by atoms with van der Waals surface area (Å²) < 4.78 is 0. The van der Waals surface area contributed by atoms with Gasteiger partial charge in [-0.25, -0.2) is 0 Å². The Kier molecular flexibility index (Phi) is 16.1. The molecule has 0 aliphatic carbocycles. The fraction of sp³-hybridized carbons (Fsp3) is 0.783. The van der Waals surface area contributed by atoms with Crippen LogP contribution in [0, 0.1) is 16.2 Å². The predicted molar refractivity (Wildman–Crippen MR) is 115 cm³/mol. The molecule has 0 heterocycles. The van der Waals surface area contributed by atoms with Crippen molar-refractivity contribution in [2.24, 2.45) is 16.2 Å². The van der Waals surface area contributed by atoms with Crippen molar-refractivity contribution in [2.75, 3.05) is 0 Å². The predicted octanol–water partition coefficient (Wildman–Crippen LogP) is 8.26. The smallest absolute Gasteiger partial charge is 0.135 e. The third-order valence-corrected chi connectivity index (χ3v) is 2.50. The topological polar surface area (TPSA) is 17.1 Å². The Morgan fingerprint density at radius 1 is 0.583 bits per heavy atom. The summed E-state index contributed by atoms with van der Waals surface area (Å²) in [6, 6.07) is 0. The van der Waals surface area contributed by atoms with Gasteiger partial charge in [-0.15, -0.1) is 0 Å². The highest BCUT2D eigenvalue weighted by Crippen LogP contribution is 2.17. The van der Waals surface area contributed by atoms with Crippen LogP contribution in [-0.4, -0.2) is 5.78 Å². The van der Waals surface area contributed by atoms with Gasteiger partial charge >= 0.3 is 0 Å². The van der Waals surface area contributed by atoms with Gasteiger partial charge in [-0.1, -0.05) is 93.0 Å². The van der Waals surface area contributed by atoms with Gasteiger partial charge in [0.1, 0.15) is 5.78 Å². The molecule has 0 saturated heterocycles. The molecule has 0 bridgehead atoms. The van der Waals surface area contributed by atoms with Crippen LogP contribution in [0.4, 0.5) is 0 Å². The maximum absolute atomic E-state index is 10.5. The average molecular weight is 341 g/mol. The zero-order valence-corrected chi connectivity index (χ0v) is 18.6. The first-order chi connectivity index (χ1) is 9.78. The molecule has 0 atom stereocenters. The normalized spacial score (nSPS) is 10.8. The molecule has 0 aromatic carbocycles. The zero-order chi connectivity index (χ0) is 19.6. The number of carbonyl (C=O) groups excluding carboxylic acids is 1. The summed E-state index contributed by atoms with van der Waals surface area (Å²) in [5.41, 5.74) is 3.38. The lowest BCUT2D eigenvalue weighted by Crippen LogP contribution is -2.15. The van der Waals surface area contributed by atoms with Crippen LogP contribution in [0.1, 0.15) is 104 Å². The van der Waals surface area contributed by atoms with E-state index < -0.39 is 0 Å². The summed E-state index contributed by atoms with van der Waals surface area (Å²) in [7, 11) is 0. The molecular formula is C23H48O. The first kappa shape index (κ1) is 31.0. The molecule has 0 fully saturated rings. The monoisotopic (exact) mass is 340 g/mol. The average Bonchev–Trinajstić information content (AvgIpc) is 2.07. The second kappa shape index (κ2) is 12.5. The maximum Gasteiger partial charge on any atom is 0.135 e. The number of ketones is 1. The van der Waals surface area contributed by atoms with Crippen LogP contribution in [-0.2, 0) is 4.79 Å². The molecular weight excluding hydrogens is 292 g/mol.